The highest BCUT2D eigenvalue weighted by molar-refractivity contribution is 7.80. The molecule has 2 rings (SSSR count). The number of hydrogen-bond acceptors (Lipinski definition) is 2. The number of benzene rings is 1. The molecule has 1 aliphatic carbocycles. The second-order valence-electron chi connectivity index (χ2n) is 6.24. The molecule has 0 amide bonds. The third-order valence-corrected chi connectivity index (χ3v) is 4.73. The van der Waals surface area contributed by atoms with E-state index < -0.39 is 0 Å². The van der Waals surface area contributed by atoms with Crippen LogP contribution in [-0.4, -0.2) is 11.5 Å². The van der Waals surface area contributed by atoms with E-state index in [-0.39, 0.29) is 0 Å². The molecule has 0 radical (unpaired) electrons. The number of anilines is 1. The Bertz CT molecular complexity index is 462. The summed E-state index contributed by atoms with van der Waals surface area (Å²) in [4.78, 5) is 0.477. The summed E-state index contributed by atoms with van der Waals surface area (Å²) >= 11 is 5.03. The number of aryl methyl sites for hydroxylation is 1. The lowest BCUT2D eigenvalue weighted by molar-refractivity contribution is 0.282. The Morgan fingerprint density at radius 1 is 1.30 bits per heavy atom. The van der Waals surface area contributed by atoms with Gasteiger partial charge in [0, 0.05) is 17.8 Å². The Kier molecular flexibility index (Phi) is 5.41. The summed E-state index contributed by atoms with van der Waals surface area (Å²) < 4.78 is 0. The van der Waals surface area contributed by atoms with Crippen LogP contribution in [-0.2, 0) is 0 Å². The van der Waals surface area contributed by atoms with Crippen molar-refractivity contribution in [3.8, 4) is 0 Å². The lowest BCUT2D eigenvalue weighted by Gasteiger charge is -2.26. The van der Waals surface area contributed by atoms with E-state index in [0.717, 1.165) is 29.5 Å². The van der Waals surface area contributed by atoms with E-state index in [1.165, 1.54) is 37.8 Å². The van der Waals surface area contributed by atoms with Crippen molar-refractivity contribution >= 4 is 22.9 Å². The summed E-state index contributed by atoms with van der Waals surface area (Å²) in [5.74, 6) is 1.85. The van der Waals surface area contributed by atoms with E-state index in [9.17, 15) is 0 Å². The molecule has 3 N–H and O–H groups in total. The van der Waals surface area contributed by atoms with Crippen LogP contribution in [0, 0.1) is 18.8 Å². The fourth-order valence-electron chi connectivity index (χ4n) is 3.09. The van der Waals surface area contributed by atoms with Gasteiger partial charge in [0.1, 0.15) is 4.99 Å². The van der Waals surface area contributed by atoms with Crippen LogP contribution in [0.1, 0.15) is 50.2 Å². The lowest BCUT2D eigenvalue weighted by atomic mass is 9.81. The van der Waals surface area contributed by atoms with E-state index in [1.54, 1.807) is 0 Å². The van der Waals surface area contributed by atoms with Gasteiger partial charge in [-0.05, 0) is 48.9 Å². The minimum atomic E-state index is 0.477. The fourth-order valence-corrected chi connectivity index (χ4v) is 3.32. The van der Waals surface area contributed by atoms with Crippen molar-refractivity contribution in [2.24, 2.45) is 17.6 Å². The van der Waals surface area contributed by atoms with Crippen LogP contribution in [0.15, 0.2) is 18.2 Å². The molecular formula is C17H26N2S. The highest BCUT2D eigenvalue weighted by Gasteiger charge is 2.17. The zero-order valence-electron chi connectivity index (χ0n) is 12.6. The molecule has 1 aliphatic rings. The van der Waals surface area contributed by atoms with Gasteiger partial charge in [-0.25, -0.2) is 0 Å². The summed E-state index contributed by atoms with van der Waals surface area (Å²) in [5.41, 5.74) is 8.98. The molecule has 110 valence electrons. The van der Waals surface area contributed by atoms with Crippen molar-refractivity contribution in [1.82, 2.24) is 0 Å². The van der Waals surface area contributed by atoms with Gasteiger partial charge in [0.2, 0.25) is 0 Å². The van der Waals surface area contributed by atoms with Crippen LogP contribution < -0.4 is 11.1 Å². The van der Waals surface area contributed by atoms with Crippen molar-refractivity contribution in [2.75, 3.05) is 11.9 Å². The summed E-state index contributed by atoms with van der Waals surface area (Å²) in [7, 11) is 0. The third kappa shape index (κ3) is 4.20. The van der Waals surface area contributed by atoms with Gasteiger partial charge in [0.25, 0.3) is 0 Å². The average Bonchev–Trinajstić information content (AvgIpc) is 2.41. The van der Waals surface area contributed by atoms with E-state index in [1.807, 2.05) is 6.07 Å². The van der Waals surface area contributed by atoms with Gasteiger partial charge in [-0.3, -0.25) is 0 Å². The zero-order chi connectivity index (χ0) is 14.5. The van der Waals surface area contributed by atoms with Crippen molar-refractivity contribution in [3.63, 3.8) is 0 Å². The molecule has 0 aliphatic heterocycles. The zero-order valence-corrected chi connectivity index (χ0v) is 13.4. The Hall–Kier alpha value is -1.09. The predicted octanol–water partition coefficient (Wildman–Crippen LogP) is 4.26. The smallest absolute Gasteiger partial charge is 0.104 e. The Morgan fingerprint density at radius 3 is 2.60 bits per heavy atom. The Balaban J connectivity index is 1.79. The van der Waals surface area contributed by atoms with Crippen LogP contribution in [0.2, 0.25) is 0 Å². The molecule has 1 aromatic carbocycles. The van der Waals surface area contributed by atoms with Gasteiger partial charge < -0.3 is 11.1 Å². The molecule has 1 aromatic rings. The molecule has 3 heteroatoms. The van der Waals surface area contributed by atoms with Crippen molar-refractivity contribution in [2.45, 2.75) is 46.0 Å². The molecule has 0 heterocycles. The first-order valence-corrected chi connectivity index (χ1v) is 8.11. The highest BCUT2D eigenvalue weighted by atomic mass is 32.1. The summed E-state index contributed by atoms with van der Waals surface area (Å²) in [6.45, 7) is 5.49. The molecule has 20 heavy (non-hydrogen) atoms. The maximum absolute atomic E-state index is 5.68. The predicted molar refractivity (Wildman–Crippen MR) is 91.3 cm³/mol. The number of nitrogens with one attached hydrogen (secondary N) is 1. The SMILES string of the molecule is Cc1cc(NCCC2CCC(C)CC2)ccc1C(N)=S. The minimum Gasteiger partial charge on any atom is -0.389 e. The molecule has 2 nitrogen and oxygen atoms in total. The van der Waals surface area contributed by atoms with E-state index in [2.05, 4.69) is 31.3 Å². The number of rotatable bonds is 5. The van der Waals surface area contributed by atoms with Crippen LogP contribution in [0.5, 0.6) is 0 Å². The molecular weight excluding hydrogens is 264 g/mol. The van der Waals surface area contributed by atoms with Gasteiger partial charge in [-0.2, -0.15) is 0 Å². The number of thiocarbonyl (C=S) groups is 1. The minimum absolute atomic E-state index is 0.477. The van der Waals surface area contributed by atoms with Crippen LogP contribution in [0.25, 0.3) is 0 Å². The first-order chi connectivity index (χ1) is 9.56. The molecule has 0 spiro atoms. The second kappa shape index (κ2) is 7.07. The lowest BCUT2D eigenvalue weighted by Crippen LogP contribution is -2.16. The molecule has 1 fully saturated rings. The quantitative estimate of drug-likeness (QED) is 0.796. The molecule has 0 aromatic heterocycles. The Morgan fingerprint density at radius 2 is 2.00 bits per heavy atom. The highest BCUT2D eigenvalue weighted by Crippen LogP contribution is 2.30. The van der Waals surface area contributed by atoms with Gasteiger partial charge >= 0.3 is 0 Å². The van der Waals surface area contributed by atoms with E-state index in [4.69, 9.17) is 18.0 Å². The standard InChI is InChI=1S/C17H26N2S/c1-12-3-5-14(6-4-12)9-10-19-15-7-8-16(17(18)20)13(2)11-15/h7-8,11-12,14,19H,3-6,9-10H2,1-2H3,(H2,18,20). The monoisotopic (exact) mass is 290 g/mol. The second-order valence-corrected chi connectivity index (χ2v) is 6.68. The molecule has 0 saturated heterocycles. The van der Waals surface area contributed by atoms with Crippen molar-refractivity contribution < 1.29 is 0 Å². The van der Waals surface area contributed by atoms with Gasteiger partial charge in [-0.15, -0.1) is 0 Å². The molecule has 1 saturated carbocycles. The maximum atomic E-state index is 5.68. The molecule has 0 bridgehead atoms. The average molecular weight is 290 g/mol. The molecule has 0 atom stereocenters. The van der Waals surface area contributed by atoms with E-state index >= 15 is 0 Å². The van der Waals surface area contributed by atoms with Gasteiger partial charge in [-0.1, -0.05) is 44.8 Å². The third-order valence-electron chi connectivity index (χ3n) is 4.51. The van der Waals surface area contributed by atoms with Gasteiger partial charge in [0.05, 0.1) is 0 Å². The maximum Gasteiger partial charge on any atom is 0.104 e. The van der Waals surface area contributed by atoms with Crippen LogP contribution in [0.4, 0.5) is 5.69 Å². The summed E-state index contributed by atoms with van der Waals surface area (Å²) in [6.07, 6.45) is 6.91. The van der Waals surface area contributed by atoms with Gasteiger partial charge in [0.15, 0.2) is 0 Å². The van der Waals surface area contributed by atoms with Crippen LogP contribution >= 0.6 is 12.2 Å². The van der Waals surface area contributed by atoms with Crippen molar-refractivity contribution in [1.29, 1.82) is 0 Å². The van der Waals surface area contributed by atoms with Crippen LogP contribution in [0.3, 0.4) is 0 Å². The van der Waals surface area contributed by atoms with Crippen molar-refractivity contribution in [3.05, 3.63) is 29.3 Å². The molecule has 0 unspecified atom stereocenters. The first kappa shape index (κ1) is 15.3. The normalized spacial score (nSPS) is 22.5. The largest absolute Gasteiger partial charge is 0.389 e. The van der Waals surface area contributed by atoms with E-state index in [0.29, 0.717) is 4.99 Å². The first-order valence-electron chi connectivity index (χ1n) is 7.70. The Labute approximate surface area is 128 Å². The fraction of sp³-hybridized carbons (Fsp3) is 0.588. The summed E-state index contributed by atoms with van der Waals surface area (Å²) in [5, 5.41) is 3.53. The number of nitrogens with two attached hydrogens (primary N) is 1. The summed E-state index contributed by atoms with van der Waals surface area (Å²) in [6, 6.07) is 6.23. The number of hydrogen-bond donors (Lipinski definition) is 2. The topological polar surface area (TPSA) is 38.0 Å².